The summed E-state index contributed by atoms with van der Waals surface area (Å²) in [5.41, 5.74) is 2.61. The summed E-state index contributed by atoms with van der Waals surface area (Å²) in [6.07, 6.45) is 4.51. The molecule has 1 aromatic heterocycles. The van der Waals surface area contributed by atoms with Gasteiger partial charge in [0.15, 0.2) is 5.69 Å². The number of carbonyl (C=O) groups is 1. The molecule has 1 amide bonds. The third-order valence-corrected chi connectivity index (χ3v) is 4.19. The lowest BCUT2D eigenvalue weighted by molar-refractivity contribution is 0.0945. The molecule has 2 saturated carbocycles. The van der Waals surface area contributed by atoms with Gasteiger partial charge in [0.25, 0.3) is 5.91 Å². The maximum atomic E-state index is 12.2. The van der Waals surface area contributed by atoms with Gasteiger partial charge in [0.1, 0.15) is 5.75 Å². The van der Waals surface area contributed by atoms with E-state index in [1.165, 1.54) is 12.8 Å². The fraction of sp³-hybridized carbons (Fsp3) is 0.412. The Hall–Kier alpha value is -2.30. The highest BCUT2D eigenvalue weighted by Gasteiger charge is 2.31. The van der Waals surface area contributed by atoms with Gasteiger partial charge in [-0.2, -0.15) is 5.10 Å². The van der Waals surface area contributed by atoms with Crippen molar-refractivity contribution in [2.75, 3.05) is 7.11 Å². The Kier molecular flexibility index (Phi) is 3.13. The van der Waals surface area contributed by atoms with E-state index in [0.29, 0.717) is 17.7 Å². The van der Waals surface area contributed by atoms with Crippen LogP contribution in [0.15, 0.2) is 30.3 Å². The molecule has 22 heavy (non-hydrogen) atoms. The first-order valence-electron chi connectivity index (χ1n) is 7.80. The minimum absolute atomic E-state index is 0.0586. The molecule has 2 aliphatic carbocycles. The summed E-state index contributed by atoms with van der Waals surface area (Å²) in [6.45, 7) is 0. The second kappa shape index (κ2) is 5.16. The lowest BCUT2D eigenvalue weighted by atomic mass is 10.2. The summed E-state index contributed by atoms with van der Waals surface area (Å²) in [5, 5.41) is 7.55. The smallest absolute Gasteiger partial charge is 0.272 e. The fourth-order valence-corrected chi connectivity index (χ4v) is 2.59. The zero-order chi connectivity index (χ0) is 15.1. The summed E-state index contributed by atoms with van der Waals surface area (Å²) in [4.78, 5) is 12.2. The van der Waals surface area contributed by atoms with E-state index in [1.54, 1.807) is 7.11 Å². The van der Waals surface area contributed by atoms with Crippen molar-refractivity contribution < 1.29 is 9.53 Å². The maximum absolute atomic E-state index is 12.2. The Bertz CT molecular complexity index is 697. The van der Waals surface area contributed by atoms with Crippen LogP contribution in [0.25, 0.3) is 5.69 Å². The number of ether oxygens (including phenoxy) is 1. The molecule has 5 heteroatoms. The van der Waals surface area contributed by atoms with Gasteiger partial charge in [-0.1, -0.05) is 0 Å². The van der Waals surface area contributed by atoms with Crippen molar-refractivity contribution >= 4 is 5.91 Å². The van der Waals surface area contributed by atoms with Crippen LogP contribution < -0.4 is 10.1 Å². The molecular weight excluding hydrogens is 278 g/mol. The molecule has 1 heterocycles. The third kappa shape index (κ3) is 2.58. The van der Waals surface area contributed by atoms with Crippen LogP contribution >= 0.6 is 0 Å². The molecule has 0 aliphatic heterocycles. The summed E-state index contributed by atoms with van der Waals surface area (Å²) in [7, 11) is 1.65. The molecule has 1 N–H and O–H groups in total. The highest BCUT2D eigenvalue weighted by molar-refractivity contribution is 5.92. The van der Waals surface area contributed by atoms with Crippen molar-refractivity contribution in [3.8, 4) is 11.4 Å². The molecule has 5 nitrogen and oxygen atoms in total. The van der Waals surface area contributed by atoms with Crippen LogP contribution in [0.5, 0.6) is 5.75 Å². The number of carbonyl (C=O) groups excluding carboxylic acids is 1. The zero-order valence-electron chi connectivity index (χ0n) is 12.6. The van der Waals surface area contributed by atoms with Gasteiger partial charge in [0.05, 0.1) is 12.8 Å². The first-order chi connectivity index (χ1) is 10.7. The monoisotopic (exact) mass is 297 g/mol. The summed E-state index contributed by atoms with van der Waals surface area (Å²) in [5.74, 6) is 1.28. The summed E-state index contributed by atoms with van der Waals surface area (Å²) >= 11 is 0. The van der Waals surface area contributed by atoms with Crippen LogP contribution in [0.4, 0.5) is 0 Å². The van der Waals surface area contributed by atoms with Crippen LogP contribution in [0, 0.1) is 0 Å². The SMILES string of the molecule is COc1ccc(-n2nc(C(=O)NC3CC3)cc2C2CC2)cc1. The summed E-state index contributed by atoms with van der Waals surface area (Å²) in [6, 6.07) is 10.1. The van der Waals surface area contributed by atoms with Crippen molar-refractivity contribution in [3.63, 3.8) is 0 Å². The highest BCUT2D eigenvalue weighted by Crippen LogP contribution is 2.41. The molecule has 4 rings (SSSR count). The number of benzene rings is 1. The number of hydrogen-bond acceptors (Lipinski definition) is 3. The van der Waals surface area contributed by atoms with E-state index >= 15 is 0 Å². The van der Waals surface area contributed by atoms with Gasteiger partial charge in [-0.05, 0) is 56.0 Å². The first kappa shape index (κ1) is 13.4. The normalized spacial score (nSPS) is 17.3. The van der Waals surface area contributed by atoms with Gasteiger partial charge in [-0.3, -0.25) is 4.79 Å². The predicted molar refractivity (Wildman–Crippen MR) is 82.6 cm³/mol. The topological polar surface area (TPSA) is 56.2 Å². The number of methoxy groups -OCH3 is 1. The fourth-order valence-electron chi connectivity index (χ4n) is 2.59. The van der Waals surface area contributed by atoms with Gasteiger partial charge in [0, 0.05) is 17.7 Å². The van der Waals surface area contributed by atoms with Crippen LogP contribution in [0.2, 0.25) is 0 Å². The minimum atomic E-state index is -0.0586. The number of rotatable bonds is 5. The van der Waals surface area contributed by atoms with Gasteiger partial charge >= 0.3 is 0 Å². The molecule has 2 aromatic rings. The van der Waals surface area contributed by atoms with Gasteiger partial charge in [0.2, 0.25) is 0 Å². The van der Waals surface area contributed by atoms with Crippen molar-refractivity contribution in [1.29, 1.82) is 0 Å². The molecule has 0 saturated heterocycles. The van der Waals surface area contributed by atoms with Crippen LogP contribution in [-0.2, 0) is 0 Å². The Labute approximate surface area is 129 Å². The quantitative estimate of drug-likeness (QED) is 0.923. The Balaban J connectivity index is 1.66. The van der Waals surface area contributed by atoms with E-state index in [2.05, 4.69) is 10.4 Å². The molecule has 0 radical (unpaired) electrons. The van der Waals surface area contributed by atoms with E-state index in [0.717, 1.165) is 30.0 Å². The molecule has 114 valence electrons. The minimum Gasteiger partial charge on any atom is -0.497 e. The maximum Gasteiger partial charge on any atom is 0.272 e. The Morgan fingerprint density at radius 3 is 2.55 bits per heavy atom. The van der Waals surface area contributed by atoms with Crippen LogP contribution in [0.1, 0.15) is 47.8 Å². The summed E-state index contributed by atoms with van der Waals surface area (Å²) < 4.78 is 7.10. The van der Waals surface area contributed by atoms with E-state index < -0.39 is 0 Å². The molecule has 0 atom stereocenters. The largest absolute Gasteiger partial charge is 0.497 e. The average molecular weight is 297 g/mol. The van der Waals surface area contributed by atoms with E-state index in [-0.39, 0.29) is 5.91 Å². The van der Waals surface area contributed by atoms with E-state index in [1.807, 2.05) is 35.0 Å². The molecule has 1 aromatic carbocycles. The van der Waals surface area contributed by atoms with Crippen molar-refractivity contribution in [1.82, 2.24) is 15.1 Å². The van der Waals surface area contributed by atoms with E-state index in [9.17, 15) is 4.79 Å². The van der Waals surface area contributed by atoms with Crippen molar-refractivity contribution in [3.05, 3.63) is 41.7 Å². The van der Waals surface area contributed by atoms with Crippen LogP contribution in [-0.4, -0.2) is 28.8 Å². The number of nitrogens with zero attached hydrogens (tertiary/aromatic N) is 2. The van der Waals surface area contributed by atoms with Crippen molar-refractivity contribution in [2.24, 2.45) is 0 Å². The molecule has 0 bridgehead atoms. The predicted octanol–water partition coefficient (Wildman–Crippen LogP) is 2.65. The van der Waals surface area contributed by atoms with Gasteiger partial charge in [-0.15, -0.1) is 0 Å². The van der Waals surface area contributed by atoms with Crippen LogP contribution in [0.3, 0.4) is 0 Å². The standard InChI is InChI=1S/C17H19N3O2/c1-22-14-8-6-13(7-9-14)20-16(11-2-3-11)10-15(19-20)17(21)18-12-4-5-12/h6-12H,2-5H2,1H3,(H,18,21). The van der Waals surface area contributed by atoms with Crippen molar-refractivity contribution in [2.45, 2.75) is 37.6 Å². The van der Waals surface area contributed by atoms with Gasteiger partial charge < -0.3 is 10.1 Å². The number of amides is 1. The highest BCUT2D eigenvalue weighted by atomic mass is 16.5. The number of aromatic nitrogens is 2. The molecule has 0 spiro atoms. The third-order valence-electron chi connectivity index (χ3n) is 4.19. The van der Waals surface area contributed by atoms with Gasteiger partial charge in [-0.25, -0.2) is 4.68 Å². The zero-order valence-corrected chi connectivity index (χ0v) is 12.6. The molecule has 2 aliphatic rings. The molecular formula is C17H19N3O2. The number of nitrogens with one attached hydrogen (secondary N) is 1. The lowest BCUT2D eigenvalue weighted by Gasteiger charge is -2.07. The Morgan fingerprint density at radius 1 is 1.23 bits per heavy atom. The van der Waals surface area contributed by atoms with E-state index in [4.69, 9.17) is 4.74 Å². The Morgan fingerprint density at radius 2 is 1.95 bits per heavy atom. The second-order valence-corrected chi connectivity index (χ2v) is 6.09. The average Bonchev–Trinajstić information content (AvgIpc) is 3.47. The second-order valence-electron chi connectivity index (χ2n) is 6.09. The lowest BCUT2D eigenvalue weighted by Crippen LogP contribution is -2.25. The molecule has 2 fully saturated rings. The first-order valence-corrected chi connectivity index (χ1v) is 7.80. The number of hydrogen-bond donors (Lipinski definition) is 1. The molecule has 0 unspecified atom stereocenters.